The number of hydroxylamine groups is 2. The van der Waals surface area contributed by atoms with Crippen molar-refractivity contribution in [2.45, 2.75) is 19.4 Å². The number of hydrogen-bond acceptors (Lipinski definition) is 2. The van der Waals surface area contributed by atoms with Crippen molar-refractivity contribution < 1.29 is 5.06 Å². The predicted molar refractivity (Wildman–Crippen MR) is 40.6 cm³/mol. The summed E-state index contributed by atoms with van der Waals surface area (Å²) in [5, 5.41) is 11.5. The van der Waals surface area contributed by atoms with Crippen LogP contribution in [0.25, 0.3) is 0 Å². The van der Waals surface area contributed by atoms with Crippen molar-refractivity contribution in [1.29, 1.82) is 0 Å². The van der Waals surface area contributed by atoms with Crippen molar-refractivity contribution in [3.63, 3.8) is 0 Å². The van der Waals surface area contributed by atoms with E-state index in [9.17, 15) is 5.21 Å². The van der Waals surface area contributed by atoms with E-state index in [2.05, 4.69) is 0 Å². The summed E-state index contributed by atoms with van der Waals surface area (Å²) in [5.41, 5.74) is -0.0388. The highest BCUT2D eigenvalue weighted by Gasteiger charge is 2.28. The van der Waals surface area contributed by atoms with Crippen molar-refractivity contribution in [1.82, 2.24) is 0 Å². The molecule has 0 aromatic rings. The molecule has 1 N–H and O–H groups in total. The zero-order valence-electron chi connectivity index (χ0n) is 5.94. The van der Waals surface area contributed by atoms with Crippen LogP contribution in [0, 0.1) is 5.21 Å². The fourth-order valence-corrected chi connectivity index (χ4v) is 2.06. The Bertz CT molecular complexity index is 105. The summed E-state index contributed by atoms with van der Waals surface area (Å²) in [5.74, 6) is 2.04. The maximum Gasteiger partial charge on any atom is 0.101 e. The number of hydrogen-bond donors (Lipinski definition) is 1. The van der Waals surface area contributed by atoms with Gasteiger partial charge in [-0.15, -0.1) is 11.8 Å². The van der Waals surface area contributed by atoms with E-state index in [1.807, 2.05) is 25.6 Å². The average molecular weight is 147 g/mol. The molecule has 0 spiro atoms. The summed E-state index contributed by atoms with van der Waals surface area (Å²) in [6.45, 7) is 4.83. The largest absolute Gasteiger partial charge is 0.634 e. The van der Waals surface area contributed by atoms with E-state index in [1.54, 1.807) is 0 Å². The van der Waals surface area contributed by atoms with Crippen LogP contribution in [-0.4, -0.2) is 23.6 Å². The van der Waals surface area contributed by atoms with Crippen molar-refractivity contribution >= 4 is 11.8 Å². The second-order valence-electron chi connectivity index (χ2n) is 3.11. The monoisotopic (exact) mass is 147 g/mol. The summed E-state index contributed by atoms with van der Waals surface area (Å²) in [6, 6.07) is 0. The van der Waals surface area contributed by atoms with E-state index in [0.717, 1.165) is 18.1 Å². The Labute approximate surface area is 60.2 Å². The highest BCUT2D eigenvalue weighted by atomic mass is 32.2. The van der Waals surface area contributed by atoms with Crippen molar-refractivity contribution in [3.05, 3.63) is 5.21 Å². The molecule has 0 bridgehead atoms. The smallest absolute Gasteiger partial charge is 0.101 e. The molecule has 1 aliphatic heterocycles. The van der Waals surface area contributed by atoms with E-state index in [1.165, 1.54) is 0 Å². The third-order valence-corrected chi connectivity index (χ3v) is 3.11. The Morgan fingerprint density at radius 3 is 2.56 bits per heavy atom. The lowest BCUT2D eigenvalue weighted by Gasteiger charge is -2.41. The van der Waals surface area contributed by atoms with Gasteiger partial charge in [-0.05, 0) is 13.8 Å². The third kappa shape index (κ3) is 1.60. The van der Waals surface area contributed by atoms with Crippen molar-refractivity contribution in [2.24, 2.45) is 0 Å². The van der Waals surface area contributed by atoms with Gasteiger partial charge in [0.25, 0.3) is 0 Å². The van der Waals surface area contributed by atoms with Gasteiger partial charge < -0.3 is 10.3 Å². The van der Waals surface area contributed by atoms with E-state index < -0.39 is 0 Å². The fourth-order valence-electron chi connectivity index (χ4n) is 0.911. The maximum atomic E-state index is 11.1. The van der Waals surface area contributed by atoms with Gasteiger partial charge in [-0.1, -0.05) is 0 Å². The van der Waals surface area contributed by atoms with E-state index in [4.69, 9.17) is 0 Å². The molecule has 1 fully saturated rings. The van der Waals surface area contributed by atoms with Crippen LogP contribution >= 0.6 is 11.8 Å². The second-order valence-corrected chi connectivity index (χ2v) is 4.21. The van der Waals surface area contributed by atoms with Crippen molar-refractivity contribution in [2.75, 3.05) is 18.1 Å². The van der Waals surface area contributed by atoms with E-state index >= 15 is 0 Å². The molecule has 3 heteroatoms. The van der Waals surface area contributed by atoms with Gasteiger partial charge in [0.2, 0.25) is 0 Å². The molecular weight excluding hydrogens is 134 g/mol. The van der Waals surface area contributed by atoms with Gasteiger partial charge in [-0.3, -0.25) is 0 Å². The molecule has 0 amide bonds. The number of nitrogens with one attached hydrogen (secondary N) is 1. The Balaban J connectivity index is 2.49. The van der Waals surface area contributed by atoms with Crippen LogP contribution in [0.5, 0.6) is 0 Å². The Morgan fingerprint density at radius 1 is 1.56 bits per heavy atom. The Kier molecular flexibility index (Phi) is 2.03. The Hall–Kier alpha value is 0.270. The summed E-state index contributed by atoms with van der Waals surface area (Å²) in [7, 11) is 0. The molecule has 9 heavy (non-hydrogen) atoms. The van der Waals surface area contributed by atoms with Crippen molar-refractivity contribution in [3.8, 4) is 0 Å². The normalized spacial score (nSPS) is 34.3. The Morgan fingerprint density at radius 2 is 2.22 bits per heavy atom. The topological polar surface area (TPSA) is 27.5 Å². The van der Waals surface area contributed by atoms with Gasteiger partial charge in [-0.25, -0.2) is 0 Å². The summed E-state index contributed by atoms with van der Waals surface area (Å²) < 4.78 is 0. The molecule has 54 valence electrons. The van der Waals surface area contributed by atoms with Gasteiger partial charge in [0.1, 0.15) is 5.54 Å². The fraction of sp³-hybridized carbons (Fsp3) is 1.00. The minimum atomic E-state index is -0.0388. The predicted octanol–water partition coefficient (Wildman–Crippen LogP) is -0.105. The maximum absolute atomic E-state index is 11.1. The molecule has 1 atom stereocenters. The first-order valence-electron chi connectivity index (χ1n) is 3.24. The van der Waals surface area contributed by atoms with Crippen LogP contribution in [0.1, 0.15) is 13.8 Å². The van der Waals surface area contributed by atoms with Gasteiger partial charge >= 0.3 is 0 Å². The number of rotatable bonds is 0. The van der Waals surface area contributed by atoms with Crippen LogP contribution in [0.2, 0.25) is 0 Å². The van der Waals surface area contributed by atoms with Gasteiger partial charge in [0.05, 0.1) is 6.54 Å². The first-order valence-corrected chi connectivity index (χ1v) is 4.39. The molecule has 0 radical (unpaired) electrons. The molecule has 1 rings (SSSR count). The molecule has 0 aliphatic carbocycles. The van der Waals surface area contributed by atoms with Gasteiger partial charge in [-0.2, -0.15) is 0 Å². The lowest BCUT2D eigenvalue weighted by molar-refractivity contribution is -0.896. The molecule has 1 saturated heterocycles. The van der Waals surface area contributed by atoms with Crippen LogP contribution in [0.3, 0.4) is 0 Å². The molecule has 0 saturated carbocycles. The summed E-state index contributed by atoms with van der Waals surface area (Å²) in [4.78, 5) is 0. The van der Waals surface area contributed by atoms with Gasteiger partial charge in [0, 0.05) is 11.5 Å². The van der Waals surface area contributed by atoms with Crippen LogP contribution in [0.15, 0.2) is 0 Å². The van der Waals surface area contributed by atoms with E-state index in [-0.39, 0.29) is 5.54 Å². The minimum Gasteiger partial charge on any atom is -0.634 e. The van der Waals surface area contributed by atoms with Gasteiger partial charge in [0.15, 0.2) is 0 Å². The zero-order chi connectivity index (χ0) is 6.91. The van der Waals surface area contributed by atoms with Crippen LogP contribution in [-0.2, 0) is 0 Å². The molecule has 1 heterocycles. The first kappa shape index (κ1) is 7.38. The summed E-state index contributed by atoms with van der Waals surface area (Å²) in [6.07, 6.45) is 0. The molecule has 1 unspecified atom stereocenters. The number of quaternary nitrogens is 1. The minimum absolute atomic E-state index is 0.0388. The summed E-state index contributed by atoms with van der Waals surface area (Å²) >= 11 is 1.88. The average Bonchev–Trinajstić information content (AvgIpc) is 1.77. The van der Waals surface area contributed by atoms with Crippen LogP contribution < -0.4 is 5.06 Å². The zero-order valence-corrected chi connectivity index (χ0v) is 6.75. The SMILES string of the molecule is CC1(C)CSCC[NH+]1[O-]. The lowest BCUT2D eigenvalue weighted by Crippen LogP contribution is -3.17. The first-order chi connectivity index (χ1) is 4.13. The van der Waals surface area contributed by atoms with Crippen LogP contribution in [0.4, 0.5) is 0 Å². The number of thioether (sulfide) groups is 1. The lowest BCUT2D eigenvalue weighted by atomic mass is 10.1. The molecule has 0 aromatic carbocycles. The van der Waals surface area contributed by atoms with E-state index in [0.29, 0.717) is 5.06 Å². The molecule has 1 aliphatic rings. The standard InChI is InChI=1S/C6H13NOS/c1-6(2)5-9-4-3-7(6)8/h7H,3-5H2,1-2H3. The molecule has 0 aromatic heterocycles. The third-order valence-electron chi connectivity index (χ3n) is 1.69. The second kappa shape index (κ2) is 2.48. The quantitative estimate of drug-likeness (QED) is 0.484. The molecular formula is C6H13NOS. The molecule has 2 nitrogen and oxygen atoms in total. The highest BCUT2D eigenvalue weighted by Crippen LogP contribution is 2.11. The highest BCUT2D eigenvalue weighted by molar-refractivity contribution is 7.99.